The van der Waals surface area contributed by atoms with E-state index in [2.05, 4.69) is 38.0 Å². The Morgan fingerprint density at radius 3 is 2.43 bits per heavy atom. The molecule has 0 saturated carbocycles. The second-order valence-electron chi connectivity index (χ2n) is 6.23. The normalized spacial score (nSPS) is 12.7. The molecule has 1 aromatic rings. The highest BCUT2D eigenvalue weighted by Gasteiger charge is 2.11. The van der Waals surface area contributed by atoms with Crippen LogP contribution in [0.25, 0.3) is 0 Å². The van der Waals surface area contributed by atoms with Crippen molar-refractivity contribution < 1.29 is 4.79 Å². The summed E-state index contributed by atoms with van der Waals surface area (Å²) in [5, 5.41) is 2.89. The quantitative estimate of drug-likeness (QED) is 0.722. The molecule has 0 fully saturated rings. The molecular weight excluding hydrogens is 262 g/mol. The molecule has 0 aliphatic heterocycles. The Bertz CT molecular complexity index is 428. The number of benzene rings is 1. The zero-order valence-electron chi connectivity index (χ0n) is 13.7. The summed E-state index contributed by atoms with van der Waals surface area (Å²) in [6.07, 6.45) is 2.61. The predicted octanol–water partition coefficient (Wildman–Crippen LogP) is 3.35. The van der Waals surface area contributed by atoms with Gasteiger partial charge in [-0.2, -0.15) is 0 Å². The summed E-state index contributed by atoms with van der Waals surface area (Å²) in [6.45, 7) is 7.67. The van der Waals surface area contributed by atoms with Crippen molar-refractivity contribution in [2.75, 3.05) is 24.6 Å². The lowest BCUT2D eigenvalue weighted by atomic mass is 10.0. The molecule has 0 aliphatic carbocycles. The Kier molecular flexibility index (Phi) is 7.23. The van der Waals surface area contributed by atoms with Gasteiger partial charge >= 0.3 is 0 Å². The van der Waals surface area contributed by atoms with Crippen LogP contribution < -0.4 is 11.1 Å². The Morgan fingerprint density at radius 1 is 1.24 bits per heavy atom. The van der Waals surface area contributed by atoms with Gasteiger partial charge in [0.05, 0.1) is 0 Å². The molecule has 1 amide bonds. The number of hydrogen-bond acceptors (Lipinski definition) is 3. The number of rotatable bonds is 8. The average Bonchev–Trinajstić information content (AvgIpc) is 2.40. The lowest BCUT2D eigenvalue weighted by Gasteiger charge is -2.25. The van der Waals surface area contributed by atoms with E-state index < -0.39 is 0 Å². The maximum atomic E-state index is 11.9. The Hall–Kier alpha value is -1.55. The Labute approximate surface area is 128 Å². The minimum absolute atomic E-state index is 0.0599. The second-order valence-corrected chi connectivity index (χ2v) is 6.23. The SMILES string of the molecule is CC(C)CC(C)N(C)CCCC(=O)Nc1ccc(N)cc1. The van der Waals surface area contributed by atoms with Gasteiger partial charge < -0.3 is 16.0 Å². The molecule has 3 N–H and O–H groups in total. The molecule has 1 atom stereocenters. The van der Waals surface area contributed by atoms with Crippen molar-refractivity contribution in [1.82, 2.24) is 4.90 Å². The van der Waals surface area contributed by atoms with Gasteiger partial charge in [0.2, 0.25) is 5.91 Å². The lowest BCUT2D eigenvalue weighted by molar-refractivity contribution is -0.116. The van der Waals surface area contributed by atoms with E-state index in [-0.39, 0.29) is 5.91 Å². The molecule has 0 radical (unpaired) electrons. The first-order valence-corrected chi connectivity index (χ1v) is 7.74. The minimum atomic E-state index is 0.0599. The fourth-order valence-corrected chi connectivity index (χ4v) is 2.36. The number of nitrogens with zero attached hydrogens (tertiary/aromatic N) is 1. The largest absolute Gasteiger partial charge is 0.399 e. The van der Waals surface area contributed by atoms with Crippen LogP contribution in [0.4, 0.5) is 11.4 Å². The van der Waals surface area contributed by atoms with E-state index in [1.54, 1.807) is 12.1 Å². The highest BCUT2D eigenvalue weighted by molar-refractivity contribution is 5.90. The number of hydrogen-bond donors (Lipinski definition) is 2. The van der Waals surface area contributed by atoms with Crippen molar-refractivity contribution in [3.63, 3.8) is 0 Å². The van der Waals surface area contributed by atoms with Crippen LogP contribution in [0.5, 0.6) is 0 Å². The van der Waals surface area contributed by atoms with Crippen molar-refractivity contribution in [3.05, 3.63) is 24.3 Å². The van der Waals surface area contributed by atoms with Gasteiger partial charge in [0.1, 0.15) is 0 Å². The van der Waals surface area contributed by atoms with Crippen molar-refractivity contribution in [1.29, 1.82) is 0 Å². The molecule has 0 saturated heterocycles. The Balaban J connectivity index is 2.25. The molecular formula is C17H29N3O. The van der Waals surface area contributed by atoms with Crippen LogP contribution in [0.2, 0.25) is 0 Å². The van der Waals surface area contributed by atoms with Crippen LogP contribution in [-0.2, 0) is 4.79 Å². The van der Waals surface area contributed by atoms with E-state index in [1.165, 1.54) is 6.42 Å². The second kappa shape index (κ2) is 8.67. The lowest BCUT2D eigenvalue weighted by Crippen LogP contribution is -2.31. The number of carbonyl (C=O) groups is 1. The summed E-state index contributed by atoms with van der Waals surface area (Å²) in [4.78, 5) is 14.2. The predicted molar refractivity (Wildman–Crippen MR) is 90.3 cm³/mol. The van der Waals surface area contributed by atoms with Crippen LogP contribution in [0, 0.1) is 5.92 Å². The number of anilines is 2. The standard InChI is InChI=1S/C17H29N3O/c1-13(2)12-14(3)20(4)11-5-6-17(21)19-16-9-7-15(18)8-10-16/h7-10,13-14H,5-6,11-12,18H2,1-4H3,(H,19,21). The number of nitrogens with one attached hydrogen (secondary N) is 1. The highest BCUT2D eigenvalue weighted by atomic mass is 16.1. The summed E-state index contributed by atoms with van der Waals surface area (Å²) < 4.78 is 0. The van der Waals surface area contributed by atoms with Gasteiger partial charge in [-0.05, 0) is 63.5 Å². The topological polar surface area (TPSA) is 58.4 Å². The van der Waals surface area contributed by atoms with E-state index in [9.17, 15) is 4.79 Å². The smallest absolute Gasteiger partial charge is 0.224 e. The average molecular weight is 291 g/mol. The van der Waals surface area contributed by atoms with Gasteiger partial charge in [-0.15, -0.1) is 0 Å². The third kappa shape index (κ3) is 7.14. The van der Waals surface area contributed by atoms with Crippen LogP contribution in [0.1, 0.15) is 40.0 Å². The highest BCUT2D eigenvalue weighted by Crippen LogP contribution is 2.12. The summed E-state index contributed by atoms with van der Waals surface area (Å²) in [6, 6.07) is 7.78. The molecule has 1 aromatic carbocycles. The molecule has 1 rings (SSSR count). The molecule has 4 heteroatoms. The third-order valence-electron chi connectivity index (χ3n) is 3.67. The summed E-state index contributed by atoms with van der Waals surface area (Å²) >= 11 is 0. The fourth-order valence-electron chi connectivity index (χ4n) is 2.36. The minimum Gasteiger partial charge on any atom is -0.399 e. The first-order valence-electron chi connectivity index (χ1n) is 7.74. The van der Waals surface area contributed by atoms with Crippen molar-refractivity contribution in [3.8, 4) is 0 Å². The third-order valence-corrected chi connectivity index (χ3v) is 3.67. The zero-order chi connectivity index (χ0) is 15.8. The molecule has 0 aromatic heterocycles. The summed E-state index contributed by atoms with van der Waals surface area (Å²) in [5.41, 5.74) is 7.12. The zero-order valence-corrected chi connectivity index (χ0v) is 13.7. The first-order chi connectivity index (χ1) is 9.88. The fraction of sp³-hybridized carbons (Fsp3) is 0.588. The Morgan fingerprint density at radius 2 is 1.86 bits per heavy atom. The molecule has 1 unspecified atom stereocenters. The van der Waals surface area contributed by atoms with E-state index in [4.69, 9.17) is 5.73 Å². The number of amides is 1. The molecule has 0 heterocycles. The number of nitrogen functional groups attached to an aromatic ring is 1. The number of carbonyl (C=O) groups excluding carboxylic acids is 1. The molecule has 118 valence electrons. The van der Waals surface area contributed by atoms with Crippen LogP contribution >= 0.6 is 0 Å². The summed E-state index contributed by atoms with van der Waals surface area (Å²) in [5.74, 6) is 0.765. The van der Waals surface area contributed by atoms with Gasteiger partial charge in [-0.25, -0.2) is 0 Å². The monoisotopic (exact) mass is 291 g/mol. The van der Waals surface area contributed by atoms with E-state index in [0.717, 1.165) is 18.7 Å². The maximum absolute atomic E-state index is 11.9. The van der Waals surface area contributed by atoms with Crippen LogP contribution in [0.15, 0.2) is 24.3 Å². The van der Waals surface area contributed by atoms with Crippen LogP contribution in [-0.4, -0.2) is 30.4 Å². The molecule has 0 aliphatic rings. The van der Waals surface area contributed by atoms with Gasteiger partial charge in [-0.3, -0.25) is 4.79 Å². The van der Waals surface area contributed by atoms with Crippen LogP contribution in [0.3, 0.4) is 0 Å². The molecule has 4 nitrogen and oxygen atoms in total. The molecule has 0 bridgehead atoms. The van der Waals surface area contributed by atoms with Crippen molar-refractivity contribution in [2.24, 2.45) is 5.92 Å². The van der Waals surface area contributed by atoms with E-state index in [0.29, 0.717) is 24.1 Å². The van der Waals surface area contributed by atoms with E-state index >= 15 is 0 Å². The first kappa shape index (κ1) is 17.5. The van der Waals surface area contributed by atoms with Crippen molar-refractivity contribution >= 4 is 17.3 Å². The van der Waals surface area contributed by atoms with Gasteiger partial charge in [0.25, 0.3) is 0 Å². The molecule has 21 heavy (non-hydrogen) atoms. The molecule has 0 spiro atoms. The van der Waals surface area contributed by atoms with Gasteiger partial charge in [0, 0.05) is 23.8 Å². The van der Waals surface area contributed by atoms with Crippen molar-refractivity contribution in [2.45, 2.75) is 46.1 Å². The number of nitrogens with two attached hydrogens (primary N) is 1. The van der Waals surface area contributed by atoms with E-state index in [1.807, 2.05) is 12.1 Å². The van der Waals surface area contributed by atoms with Gasteiger partial charge in [0.15, 0.2) is 0 Å². The summed E-state index contributed by atoms with van der Waals surface area (Å²) in [7, 11) is 2.13. The maximum Gasteiger partial charge on any atom is 0.224 e. The van der Waals surface area contributed by atoms with Gasteiger partial charge in [-0.1, -0.05) is 13.8 Å².